The maximum absolute atomic E-state index is 12.3. The molecule has 0 bridgehead atoms. The van der Waals surface area contributed by atoms with Crippen LogP contribution >= 0.6 is 11.8 Å². The first-order chi connectivity index (χ1) is 10.8. The molecule has 0 aromatic heterocycles. The highest BCUT2D eigenvalue weighted by Crippen LogP contribution is 2.50. The van der Waals surface area contributed by atoms with Gasteiger partial charge in [-0.15, -0.1) is 11.8 Å². The molecule has 2 fully saturated rings. The summed E-state index contributed by atoms with van der Waals surface area (Å²) in [6.07, 6.45) is 0.202. The molecule has 7 heteroatoms. The van der Waals surface area contributed by atoms with E-state index in [2.05, 4.69) is 5.32 Å². The van der Waals surface area contributed by atoms with E-state index >= 15 is 0 Å². The number of hydrogen-bond acceptors (Lipinski definition) is 4. The van der Waals surface area contributed by atoms with Gasteiger partial charge in [0.15, 0.2) is 0 Å². The first-order valence-corrected chi connectivity index (χ1v) is 8.25. The second-order valence-corrected chi connectivity index (χ2v) is 8.08. The number of benzene rings is 1. The molecule has 2 saturated heterocycles. The van der Waals surface area contributed by atoms with Gasteiger partial charge < -0.3 is 15.3 Å². The van der Waals surface area contributed by atoms with Crippen LogP contribution in [0.2, 0.25) is 0 Å². The standard InChI is InChI=1S/C16H18N2O4S/c1-16(2)12(15(21)22)18-13(20)11(14(18)23-16)17-10(19)8-9-6-4-3-5-7-9/h3-7,11-12,14H,8H2,1-2H3,(H,17,19)(H,21,22)/t11-,12+,14+/m1/s1. The molecule has 3 atom stereocenters. The van der Waals surface area contributed by atoms with Crippen LogP contribution in [-0.4, -0.2) is 50.0 Å². The van der Waals surface area contributed by atoms with E-state index in [4.69, 9.17) is 0 Å². The van der Waals surface area contributed by atoms with Gasteiger partial charge in [-0.05, 0) is 19.4 Å². The number of hydrogen-bond donors (Lipinski definition) is 2. The van der Waals surface area contributed by atoms with E-state index in [0.717, 1.165) is 5.56 Å². The highest BCUT2D eigenvalue weighted by molar-refractivity contribution is 8.01. The van der Waals surface area contributed by atoms with E-state index in [9.17, 15) is 19.5 Å². The number of carbonyl (C=O) groups excluding carboxylic acids is 2. The van der Waals surface area contributed by atoms with Crippen molar-refractivity contribution in [1.82, 2.24) is 10.2 Å². The van der Waals surface area contributed by atoms with Crippen LogP contribution in [0.4, 0.5) is 0 Å². The fourth-order valence-corrected chi connectivity index (χ4v) is 4.78. The highest BCUT2D eigenvalue weighted by atomic mass is 32.2. The molecular formula is C16H18N2O4S. The summed E-state index contributed by atoms with van der Waals surface area (Å²) >= 11 is 1.42. The van der Waals surface area contributed by atoms with Gasteiger partial charge in [0.25, 0.3) is 0 Å². The van der Waals surface area contributed by atoms with Crippen molar-refractivity contribution in [3.8, 4) is 0 Å². The van der Waals surface area contributed by atoms with Gasteiger partial charge >= 0.3 is 5.97 Å². The fourth-order valence-electron chi connectivity index (χ4n) is 3.15. The number of carboxylic acids is 1. The number of thioether (sulfide) groups is 1. The third-order valence-electron chi connectivity index (χ3n) is 4.20. The zero-order valence-corrected chi connectivity index (χ0v) is 13.7. The normalized spacial score (nSPS) is 28.0. The van der Waals surface area contributed by atoms with Gasteiger partial charge in [-0.3, -0.25) is 9.59 Å². The lowest BCUT2D eigenvalue weighted by Gasteiger charge is -2.43. The van der Waals surface area contributed by atoms with Crippen LogP contribution in [0.1, 0.15) is 19.4 Å². The summed E-state index contributed by atoms with van der Waals surface area (Å²) in [6, 6.07) is 7.78. The van der Waals surface area contributed by atoms with E-state index in [0.29, 0.717) is 0 Å². The van der Waals surface area contributed by atoms with E-state index in [1.807, 2.05) is 44.2 Å². The second-order valence-electron chi connectivity index (χ2n) is 6.31. The summed E-state index contributed by atoms with van der Waals surface area (Å²) in [5.74, 6) is -1.55. The maximum atomic E-state index is 12.3. The Hall–Kier alpha value is -2.02. The number of carbonyl (C=O) groups is 3. The molecule has 1 aromatic rings. The number of β-lactam (4-membered cyclic amide) rings is 1. The molecule has 6 nitrogen and oxygen atoms in total. The Bertz CT molecular complexity index is 661. The molecule has 2 aliphatic heterocycles. The Morgan fingerprint density at radius 1 is 1.30 bits per heavy atom. The largest absolute Gasteiger partial charge is 0.480 e. The lowest BCUT2D eigenvalue weighted by atomic mass is 9.96. The SMILES string of the molecule is CC1(C)S[C@H]2[C@H](NC(=O)Cc3ccccc3)C(=O)N2[C@H]1C(=O)O. The van der Waals surface area contributed by atoms with Crippen molar-refractivity contribution in [1.29, 1.82) is 0 Å². The predicted octanol–water partition coefficient (Wildman–Crippen LogP) is 0.861. The molecule has 2 N–H and O–H groups in total. The molecule has 122 valence electrons. The molecule has 0 spiro atoms. The molecule has 2 amide bonds. The molecule has 2 heterocycles. The predicted molar refractivity (Wildman–Crippen MR) is 85.8 cm³/mol. The lowest BCUT2D eigenvalue weighted by Crippen LogP contribution is -2.70. The molecular weight excluding hydrogens is 316 g/mol. The van der Waals surface area contributed by atoms with Crippen LogP contribution in [0.15, 0.2) is 30.3 Å². The van der Waals surface area contributed by atoms with Gasteiger partial charge in [-0.25, -0.2) is 4.79 Å². The van der Waals surface area contributed by atoms with Gasteiger partial charge in [0.2, 0.25) is 11.8 Å². The zero-order chi connectivity index (χ0) is 16.8. The summed E-state index contributed by atoms with van der Waals surface area (Å²) in [5.41, 5.74) is 0.872. The average Bonchev–Trinajstić information content (AvgIpc) is 2.74. The molecule has 0 saturated carbocycles. The van der Waals surface area contributed by atoms with Gasteiger partial charge in [0.05, 0.1) is 6.42 Å². The number of nitrogens with zero attached hydrogens (tertiary/aromatic N) is 1. The smallest absolute Gasteiger partial charge is 0.327 e. The van der Waals surface area contributed by atoms with Crippen LogP contribution in [0.25, 0.3) is 0 Å². The molecule has 1 aromatic carbocycles. The van der Waals surface area contributed by atoms with Crippen molar-refractivity contribution in [3.05, 3.63) is 35.9 Å². The summed E-state index contributed by atoms with van der Waals surface area (Å²) in [7, 11) is 0. The van der Waals surface area contributed by atoms with E-state index in [1.54, 1.807) is 0 Å². The van der Waals surface area contributed by atoms with Gasteiger partial charge in [0, 0.05) is 4.75 Å². The quantitative estimate of drug-likeness (QED) is 0.798. The minimum absolute atomic E-state index is 0.202. The molecule has 23 heavy (non-hydrogen) atoms. The Balaban J connectivity index is 1.66. The number of nitrogens with one attached hydrogen (secondary N) is 1. The summed E-state index contributed by atoms with van der Waals surface area (Å²) < 4.78 is -0.578. The second kappa shape index (κ2) is 5.56. The summed E-state index contributed by atoms with van der Waals surface area (Å²) in [6.45, 7) is 3.62. The van der Waals surface area contributed by atoms with Gasteiger partial charge in [-0.1, -0.05) is 30.3 Å². The highest BCUT2D eigenvalue weighted by Gasteiger charge is 2.64. The lowest BCUT2D eigenvalue weighted by molar-refractivity contribution is -0.161. The molecule has 2 aliphatic rings. The first-order valence-electron chi connectivity index (χ1n) is 7.37. The number of amides is 2. The third-order valence-corrected chi connectivity index (χ3v) is 5.77. The van der Waals surface area contributed by atoms with E-state index in [-0.39, 0.29) is 23.6 Å². The van der Waals surface area contributed by atoms with Crippen LogP contribution < -0.4 is 5.32 Å². The van der Waals surface area contributed by atoms with Crippen molar-refractivity contribution in [2.75, 3.05) is 0 Å². The Labute approximate surface area is 138 Å². The zero-order valence-electron chi connectivity index (χ0n) is 12.9. The fraction of sp³-hybridized carbons (Fsp3) is 0.438. The number of carboxylic acid groups (broad SMARTS) is 1. The van der Waals surface area contributed by atoms with Crippen molar-refractivity contribution >= 4 is 29.5 Å². The molecule has 0 unspecified atom stereocenters. The van der Waals surface area contributed by atoms with Gasteiger partial charge in [-0.2, -0.15) is 0 Å². The first kappa shape index (κ1) is 15.9. The van der Waals surface area contributed by atoms with Crippen LogP contribution in [-0.2, 0) is 20.8 Å². The van der Waals surface area contributed by atoms with Crippen LogP contribution in [0.3, 0.4) is 0 Å². The third kappa shape index (κ3) is 2.69. The Kier molecular flexibility index (Phi) is 3.83. The van der Waals surface area contributed by atoms with Crippen molar-refractivity contribution in [3.63, 3.8) is 0 Å². The van der Waals surface area contributed by atoms with Crippen molar-refractivity contribution < 1.29 is 19.5 Å². The number of aliphatic carboxylic acids is 1. The number of fused-ring (bicyclic) bond motifs is 1. The van der Waals surface area contributed by atoms with Gasteiger partial charge in [0.1, 0.15) is 17.5 Å². The Morgan fingerprint density at radius 2 is 1.96 bits per heavy atom. The monoisotopic (exact) mass is 334 g/mol. The van der Waals surface area contributed by atoms with Crippen LogP contribution in [0.5, 0.6) is 0 Å². The topological polar surface area (TPSA) is 86.7 Å². The minimum atomic E-state index is -1.01. The molecule has 0 aliphatic carbocycles. The molecule has 0 radical (unpaired) electrons. The maximum Gasteiger partial charge on any atom is 0.327 e. The van der Waals surface area contributed by atoms with E-state index < -0.39 is 22.8 Å². The van der Waals surface area contributed by atoms with E-state index in [1.165, 1.54) is 16.7 Å². The number of rotatable bonds is 4. The summed E-state index contributed by atoms with van der Waals surface area (Å²) in [4.78, 5) is 37.2. The average molecular weight is 334 g/mol. The molecule has 3 rings (SSSR count). The minimum Gasteiger partial charge on any atom is -0.480 e. The van der Waals surface area contributed by atoms with Crippen molar-refractivity contribution in [2.45, 2.75) is 42.5 Å². The van der Waals surface area contributed by atoms with Crippen molar-refractivity contribution in [2.24, 2.45) is 0 Å². The Morgan fingerprint density at radius 3 is 2.57 bits per heavy atom. The summed E-state index contributed by atoms with van der Waals surface area (Å²) in [5, 5.41) is 11.8. The van der Waals surface area contributed by atoms with Crippen LogP contribution in [0, 0.1) is 0 Å².